The molecule has 1 fully saturated rings. The number of rotatable bonds is 1. The lowest BCUT2D eigenvalue weighted by molar-refractivity contribution is 0.122. The fourth-order valence-electron chi connectivity index (χ4n) is 0.696. The van der Waals surface area contributed by atoms with Crippen LogP contribution in [0.25, 0.3) is 0 Å². The number of nitrogen functional groups attached to an aromatic ring is 1. The van der Waals surface area contributed by atoms with Crippen molar-refractivity contribution in [3.63, 3.8) is 0 Å². The Morgan fingerprint density at radius 3 is 3.08 bits per heavy atom. The Morgan fingerprint density at radius 1 is 1.54 bits per heavy atom. The molecule has 0 unspecified atom stereocenters. The minimum Gasteiger partial charge on any atom is -0.382 e. The van der Waals surface area contributed by atoms with E-state index in [9.17, 15) is 0 Å². The Bertz CT molecular complexity index is 624. The Kier molecular flexibility index (Phi) is 0.706. The Balaban J connectivity index is 2.77. The molecule has 2 heterocycles. The number of hydrogen-bond donors (Lipinski definition) is 1. The van der Waals surface area contributed by atoms with Crippen LogP contribution in [0.15, 0.2) is 12.3 Å². The summed E-state index contributed by atoms with van der Waals surface area (Å²) in [5.41, 5.74) is 5.37. The van der Waals surface area contributed by atoms with Crippen molar-refractivity contribution >= 4 is 11.6 Å². The molecule has 0 spiro atoms. The number of anilines is 2. The van der Waals surface area contributed by atoms with E-state index >= 15 is 0 Å². The second kappa shape index (κ2) is 3.57. The van der Waals surface area contributed by atoms with Crippen LogP contribution in [0, 0.1) is 0 Å². The first-order valence-corrected chi connectivity index (χ1v) is 3.26. The van der Waals surface area contributed by atoms with Gasteiger partial charge in [-0.05, 0) is 0 Å². The highest BCUT2D eigenvalue weighted by atomic mass is 16.5. The van der Waals surface area contributed by atoms with Gasteiger partial charge in [0.1, 0.15) is 11.6 Å². The standard InChI is InChI=1S/C8H12N4O/c9-7-5-10-6-8(11-7)12-1-3-13-4-2-12/h5-6H,1-4H2,(H2,9,11)/i1D2,2D2,3D2,4D2,5D,6D. The van der Waals surface area contributed by atoms with Crippen LogP contribution >= 0.6 is 0 Å². The zero-order valence-corrected chi connectivity index (χ0v) is 6.33. The summed E-state index contributed by atoms with van der Waals surface area (Å²) in [6.45, 7) is -13.0. The molecule has 1 aliphatic heterocycles. The normalized spacial score (nSPS) is 44.2. The molecule has 0 aliphatic carbocycles. The molecule has 0 saturated carbocycles. The van der Waals surface area contributed by atoms with E-state index < -0.39 is 50.1 Å². The maximum Gasteiger partial charge on any atom is 0.149 e. The SMILES string of the molecule is [2H]c1nc([2H])c(N2C([2H])([2H])C([2H])([2H])OC([2H])([2H])C2([2H])[2H])nc1N. The van der Waals surface area contributed by atoms with Crippen molar-refractivity contribution in [1.82, 2.24) is 9.97 Å². The van der Waals surface area contributed by atoms with E-state index in [1.807, 2.05) is 0 Å². The van der Waals surface area contributed by atoms with Crippen molar-refractivity contribution in [2.24, 2.45) is 0 Å². The van der Waals surface area contributed by atoms with Gasteiger partial charge in [-0.3, -0.25) is 4.98 Å². The predicted octanol–water partition coefficient (Wildman–Crippen LogP) is -0.105. The maximum atomic E-state index is 7.82. The van der Waals surface area contributed by atoms with Gasteiger partial charge < -0.3 is 15.4 Å². The van der Waals surface area contributed by atoms with Crippen LogP contribution in [0.2, 0.25) is 0 Å². The molecule has 70 valence electrons. The third-order valence-electron chi connectivity index (χ3n) is 1.18. The van der Waals surface area contributed by atoms with Crippen LogP contribution < -0.4 is 10.6 Å². The first kappa shape index (κ1) is 2.57. The first-order valence-electron chi connectivity index (χ1n) is 8.26. The molecule has 1 saturated heterocycles. The van der Waals surface area contributed by atoms with Gasteiger partial charge in [0.2, 0.25) is 0 Å². The number of aromatic nitrogens is 2. The molecule has 0 atom stereocenters. The number of morpholine rings is 1. The smallest absolute Gasteiger partial charge is 0.149 e. The van der Waals surface area contributed by atoms with E-state index in [0.29, 0.717) is 0 Å². The Labute approximate surface area is 90.6 Å². The quantitative estimate of drug-likeness (QED) is 0.669. The summed E-state index contributed by atoms with van der Waals surface area (Å²) in [4.78, 5) is 6.87. The maximum absolute atomic E-state index is 7.82. The van der Waals surface area contributed by atoms with Crippen molar-refractivity contribution in [2.75, 3.05) is 36.7 Å². The average molecular weight is 190 g/mol. The summed E-state index contributed by atoms with van der Waals surface area (Å²) >= 11 is 0. The van der Waals surface area contributed by atoms with Crippen LogP contribution in [0.4, 0.5) is 11.6 Å². The zero-order valence-electron chi connectivity index (χ0n) is 16.3. The van der Waals surface area contributed by atoms with Gasteiger partial charge in [-0.2, -0.15) is 0 Å². The zero-order chi connectivity index (χ0) is 18.0. The third-order valence-corrected chi connectivity index (χ3v) is 1.18. The van der Waals surface area contributed by atoms with Crippen molar-refractivity contribution in [1.29, 1.82) is 0 Å². The van der Waals surface area contributed by atoms with Crippen molar-refractivity contribution in [3.05, 3.63) is 12.3 Å². The Morgan fingerprint density at radius 2 is 2.31 bits per heavy atom. The van der Waals surface area contributed by atoms with E-state index in [1.54, 1.807) is 0 Å². The van der Waals surface area contributed by atoms with Crippen LogP contribution in [0.3, 0.4) is 0 Å². The van der Waals surface area contributed by atoms with E-state index in [2.05, 4.69) is 14.7 Å². The number of nitrogens with zero attached hydrogens (tertiary/aromatic N) is 3. The molecule has 1 aromatic rings. The fraction of sp³-hybridized carbons (Fsp3) is 0.500. The van der Waals surface area contributed by atoms with Crippen LogP contribution in [-0.4, -0.2) is 36.1 Å². The molecular formula is C8H12N4O. The van der Waals surface area contributed by atoms with Crippen LogP contribution in [0.1, 0.15) is 13.7 Å². The van der Waals surface area contributed by atoms with Gasteiger partial charge in [0.25, 0.3) is 0 Å². The highest BCUT2D eigenvalue weighted by Gasteiger charge is 2.12. The number of nitrogens with two attached hydrogens (primary N) is 1. The number of hydrogen-bond acceptors (Lipinski definition) is 5. The molecule has 5 nitrogen and oxygen atoms in total. The third kappa shape index (κ3) is 1.86. The largest absolute Gasteiger partial charge is 0.382 e. The molecule has 0 amide bonds. The van der Waals surface area contributed by atoms with Crippen molar-refractivity contribution < 1.29 is 18.4 Å². The first-order chi connectivity index (χ1) is 10.1. The van der Waals surface area contributed by atoms with Crippen molar-refractivity contribution in [3.8, 4) is 0 Å². The Hall–Kier alpha value is -1.36. The summed E-state index contributed by atoms with van der Waals surface area (Å²) in [6, 6.07) is 0. The summed E-state index contributed by atoms with van der Waals surface area (Å²) < 4.78 is 80.8. The van der Waals surface area contributed by atoms with Gasteiger partial charge in [-0.25, -0.2) is 4.98 Å². The monoisotopic (exact) mass is 190 g/mol. The van der Waals surface area contributed by atoms with Crippen molar-refractivity contribution in [2.45, 2.75) is 0 Å². The lowest BCUT2D eigenvalue weighted by Gasteiger charge is -2.27. The van der Waals surface area contributed by atoms with E-state index in [1.165, 1.54) is 0 Å². The van der Waals surface area contributed by atoms with E-state index in [0.717, 1.165) is 0 Å². The topological polar surface area (TPSA) is 64.3 Å². The molecule has 0 bridgehead atoms. The molecule has 13 heavy (non-hydrogen) atoms. The minimum absolute atomic E-state index is 0.00532. The minimum atomic E-state index is -3.27. The van der Waals surface area contributed by atoms with E-state index in [4.69, 9.17) is 19.4 Å². The van der Waals surface area contributed by atoms with Crippen LogP contribution in [-0.2, 0) is 4.74 Å². The van der Waals surface area contributed by atoms with Crippen LogP contribution in [0.5, 0.6) is 0 Å². The van der Waals surface area contributed by atoms with Gasteiger partial charge in [-0.1, -0.05) is 0 Å². The lowest BCUT2D eigenvalue weighted by atomic mass is 10.4. The van der Waals surface area contributed by atoms with Gasteiger partial charge in [0, 0.05) is 13.0 Å². The van der Waals surface area contributed by atoms with Gasteiger partial charge in [0.05, 0.1) is 39.2 Å². The second-order valence-electron chi connectivity index (χ2n) is 2.02. The lowest BCUT2D eigenvalue weighted by Crippen LogP contribution is -2.36. The molecule has 5 heteroatoms. The summed E-state index contributed by atoms with van der Waals surface area (Å²) in [5, 5.41) is 0. The van der Waals surface area contributed by atoms with Gasteiger partial charge >= 0.3 is 0 Å². The molecule has 0 aromatic carbocycles. The molecule has 2 N–H and O–H groups in total. The fourth-order valence-corrected chi connectivity index (χ4v) is 0.696. The van der Waals surface area contributed by atoms with Gasteiger partial charge in [0.15, 0.2) is 0 Å². The summed E-state index contributed by atoms with van der Waals surface area (Å²) in [7, 11) is 0. The number of ether oxygens (including phenoxy) is 1. The molecule has 2 rings (SSSR count). The molecule has 0 radical (unpaired) electrons. The highest BCUT2D eigenvalue weighted by molar-refractivity contribution is 5.41. The average Bonchev–Trinajstić information content (AvgIpc) is 2.32. The molecule has 1 aromatic heterocycles. The van der Waals surface area contributed by atoms with E-state index in [-0.39, 0.29) is 4.90 Å². The second-order valence-corrected chi connectivity index (χ2v) is 2.02. The summed E-state index contributed by atoms with van der Waals surface area (Å²) in [5.74, 6) is -1.39. The predicted molar refractivity (Wildman–Crippen MR) is 49.5 cm³/mol. The molecular weight excluding hydrogens is 168 g/mol. The molecule has 1 aliphatic rings. The summed E-state index contributed by atoms with van der Waals surface area (Å²) in [6.07, 6.45) is -1.45. The van der Waals surface area contributed by atoms with Gasteiger partial charge in [-0.15, -0.1) is 0 Å². The highest BCUT2D eigenvalue weighted by Crippen LogP contribution is 2.11.